The molecule has 3 amide bonds. The first-order chi connectivity index (χ1) is 22.7. The number of ether oxygens (including phenoxy) is 3. The summed E-state index contributed by atoms with van der Waals surface area (Å²) in [5.74, 6) is -3.36. The minimum absolute atomic E-state index is 0.122. The molecule has 4 saturated heterocycles. The Bertz CT molecular complexity index is 1300. The first kappa shape index (κ1) is 34.7. The van der Waals surface area contributed by atoms with Gasteiger partial charge in [0.15, 0.2) is 0 Å². The van der Waals surface area contributed by atoms with Gasteiger partial charge in [-0.15, -0.1) is 13.2 Å². The number of benzene rings is 1. The summed E-state index contributed by atoms with van der Waals surface area (Å²) in [5, 5.41) is 13.5. The maximum Gasteiger partial charge on any atom is 0.312 e. The van der Waals surface area contributed by atoms with Crippen molar-refractivity contribution in [2.75, 3.05) is 59.1 Å². The number of nitrogens with one attached hydrogen (secondary N) is 1. The lowest BCUT2D eigenvalue weighted by atomic mass is 9.70. The third-order valence-corrected chi connectivity index (χ3v) is 9.87. The predicted octanol–water partition coefficient (Wildman–Crippen LogP) is 1.46. The lowest BCUT2D eigenvalue weighted by Crippen LogP contribution is -2.58. The normalized spacial score (nSPS) is 28.0. The van der Waals surface area contributed by atoms with E-state index in [9.17, 15) is 24.3 Å². The number of hydrogen-bond donors (Lipinski definition) is 2. The quantitative estimate of drug-likeness (QED) is 0.201. The molecule has 5 rings (SSSR count). The van der Waals surface area contributed by atoms with E-state index in [4.69, 9.17) is 14.2 Å². The third-order valence-electron chi connectivity index (χ3n) is 9.87. The van der Waals surface area contributed by atoms with Crippen LogP contribution < -0.4 is 5.32 Å². The molecule has 2 bridgehead atoms. The molecule has 12 heteroatoms. The maximum absolute atomic E-state index is 14.7. The SMILES string of the molecule is C=CCCC(=O)NC[C@@H](C)OC(=O)[C@@H]1[C@@H]2CC[C@]3(O2)[C@H](C(=O)N(CC=C)CCN2CCOCC2)N([C@H](CO)c2ccccc2)C(=O)[C@@H]13. The van der Waals surface area contributed by atoms with E-state index in [1.807, 2.05) is 30.3 Å². The number of rotatable bonds is 16. The molecular formula is C35H48N4O8. The number of fused-ring (bicyclic) bond motifs is 1. The van der Waals surface area contributed by atoms with E-state index in [1.165, 1.54) is 4.90 Å². The van der Waals surface area contributed by atoms with Crippen LogP contribution in [0.25, 0.3) is 0 Å². The van der Waals surface area contributed by atoms with Gasteiger partial charge in [0.05, 0.1) is 50.3 Å². The van der Waals surface area contributed by atoms with Gasteiger partial charge >= 0.3 is 5.97 Å². The maximum atomic E-state index is 14.7. The largest absolute Gasteiger partial charge is 0.460 e. The Hall–Kier alpha value is -3.58. The van der Waals surface area contributed by atoms with E-state index >= 15 is 0 Å². The number of morpholine rings is 1. The van der Waals surface area contributed by atoms with Crippen molar-refractivity contribution in [2.45, 2.75) is 62.5 Å². The average molecular weight is 653 g/mol. The number of carbonyl (C=O) groups is 4. The van der Waals surface area contributed by atoms with Crippen LogP contribution in [0.3, 0.4) is 0 Å². The van der Waals surface area contributed by atoms with Crippen molar-refractivity contribution in [3.63, 3.8) is 0 Å². The van der Waals surface area contributed by atoms with Gasteiger partial charge in [-0.05, 0) is 31.7 Å². The average Bonchev–Trinajstić information content (AvgIpc) is 3.73. The highest BCUT2D eigenvalue weighted by molar-refractivity contribution is 5.98. The molecule has 7 atom stereocenters. The van der Waals surface area contributed by atoms with E-state index in [0.717, 1.165) is 13.1 Å². The van der Waals surface area contributed by atoms with Crippen LogP contribution in [0.1, 0.15) is 44.2 Å². The number of allylic oxidation sites excluding steroid dienone is 1. The van der Waals surface area contributed by atoms with Crippen LogP contribution in [-0.4, -0.2) is 126 Å². The van der Waals surface area contributed by atoms with Crippen molar-refractivity contribution in [3.05, 3.63) is 61.2 Å². The second-order valence-electron chi connectivity index (χ2n) is 12.8. The van der Waals surface area contributed by atoms with Crippen molar-refractivity contribution in [2.24, 2.45) is 11.8 Å². The van der Waals surface area contributed by atoms with Crippen molar-refractivity contribution >= 4 is 23.7 Å². The van der Waals surface area contributed by atoms with Crippen molar-refractivity contribution in [3.8, 4) is 0 Å². The van der Waals surface area contributed by atoms with E-state index < -0.39 is 60.2 Å². The molecule has 0 aliphatic carbocycles. The van der Waals surface area contributed by atoms with Gasteiger partial charge in [0.2, 0.25) is 17.7 Å². The summed E-state index contributed by atoms with van der Waals surface area (Å²) in [4.78, 5) is 60.6. The Labute approximate surface area is 276 Å². The molecule has 4 heterocycles. The Kier molecular flexibility index (Phi) is 11.5. The van der Waals surface area contributed by atoms with Crippen LogP contribution in [0.4, 0.5) is 0 Å². The number of aliphatic hydroxyl groups is 1. The Morgan fingerprint density at radius 1 is 1.19 bits per heavy atom. The highest BCUT2D eigenvalue weighted by Gasteiger charge is 2.75. The number of hydrogen-bond acceptors (Lipinski definition) is 9. The fourth-order valence-corrected chi connectivity index (χ4v) is 7.61. The lowest BCUT2D eigenvalue weighted by molar-refractivity contribution is -0.160. The predicted molar refractivity (Wildman–Crippen MR) is 173 cm³/mol. The smallest absolute Gasteiger partial charge is 0.312 e. The summed E-state index contributed by atoms with van der Waals surface area (Å²) in [7, 11) is 0. The zero-order chi connectivity index (χ0) is 33.6. The van der Waals surface area contributed by atoms with Gasteiger partial charge in [-0.3, -0.25) is 24.1 Å². The molecule has 0 aromatic heterocycles. The van der Waals surface area contributed by atoms with Gasteiger partial charge in [0, 0.05) is 39.1 Å². The fraction of sp³-hybridized carbons (Fsp3) is 0.600. The zero-order valence-electron chi connectivity index (χ0n) is 27.3. The Morgan fingerprint density at radius 2 is 1.94 bits per heavy atom. The minimum Gasteiger partial charge on any atom is -0.460 e. The highest BCUT2D eigenvalue weighted by atomic mass is 16.6. The van der Waals surface area contributed by atoms with Gasteiger partial charge in [-0.25, -0.2) is 0 Å². The molecule has 1 aromatic carbocycles. The summed E-state index contributed by atoms with van der Waals surface area (Å²) in [6.45, 7) is 13.0. The molecule has 12 nitrogen and oxygen atoms in total. The molecule has 0 radical (unpaired) electrons. The zero-order valence-corrected chi connectivity index (χ0v) is 27.3. The van der Waals surface area contributed by atoms with Crippen molar-refractivity contribution in [1.29, 1.82) is 0 Å². The standard InChI is InChI=1S/C35H48N4O8/c1-4-6-12-28(41)36-22-24(3)46-34(44)29-27-13-14-35(47-27)30(29)32(42)39(26(23-40)25-10-8-7-9-11-25)31(35)33(43)38(15-5-2)17-16-37-18-20-45-21-19-37/h4-5,7-11,24,26-27,29-31,40H,1-2,6,12-23H2,3H3,(H,36,41)/t24-,26-,27+,29-,30-,31+,35-/m1/s1. The molecule has 2 N–H and O–H groups in total. The first-order valence-corrected chi connectivity index (χ1v) is 16.7. The molecule has 0 saturated carbocycles. The monoisotopic (exact) mass is 652 g/mol. The van der Waals surface area contributed by atoms with Gasteiger partial charge in [-0.2, -0.15) is 0 Å². The van der Waals surface area contributed by atoms with Crippen LogP contribution >= 0.6 is 0 Å². The summed E-state index contributed by atoms with van der Waals surface area (Å²) in [5.41, 5.74) is -0.582. The molecule has 1 aromatic rings. The second kappa shape index (κ2) is 15.5. The van der Waals surface area contributed by atoms with E-state index in [-0.39, 0.29) is 31.3 Å². The second-order valence-corrected chi connectivity index (χ2v) is 12.8. The summed E-state index contributed by atoms with van der Waals surface area (Å²) >= 11 is 0. The third kappa shape index (κ3) is 7.15. The number of esters is 1. The number of aliphatic hydroxyl groups excluding tert-OH is 1. The molecule has 256 valence electrons. The van der Waals surface area contributed by atoms with Crippen molar-refractivity contribution in [1.82, 2.24) is 20.0 Å². The number of likely N-dealkylation sites (tertiary alicyclic amines) is 1. The number of amides is 3. The topological polar surface area (TPSA) is 138 Å². The van der Waals surface area contributed by atoms with Crippen LogP contribution in [0, 0.1) is 11.8 Å². The minimum atomic E-state index is -1.26. The molecular weight excluding hydrogens is 604 g/mol. The van der Waals surface area contributed by atoms with E-state index in [1.54, 1.807) is 24.0 Å². The van der Waals surface area contributed by atoms with Gasteiger partial charge in [-0.1, -0.05) is 42.5 Å². The van der Waals surface area contributed by atoms with Crippen LogP contribution in [-0.2, 0) is 33.4 Å². The molecule has 4 fully saturated rings. The summed E-state index contributed by atoms with van der Waals surface area (Å²) in [6, 6.07) is 7.23. The molecule has 47 heavy (non-hydrogen) atoms. The van der Waals surface area contributed by atoms with Gasteiger partial charge < -0.3 is 34.4 Å². The van der Waals surface area contributed by atoms with Gasteiger partial charge in [0.25, 0.3) is 0 Å². The van der Waals surface area contributed by atoms with Crippen molar-refractivity contribution < 1.29 is 38.5 Å². The summed E-state index contributed by atoms with van der Waals surface area (Å²) < 4.78 is 17.9. The lowest BCUT2D eigenvalue weighted by Gasteiger charge is -2.40. The van der Waals surface area contributed by atoms with E-state index in [2.05, 4.69) is 23.4 Å². The van der Waals surface area contributed by atoms with E-state index in [0.29, 0.717) is 51.1 Å². The first-order valence-electron chi connectivity index (χ1n) is 16.7. The Balaban J connectivity index is 1.42. The van der Waals surface area contributed by atoms with Gasteiger partial charge in [0.1, 0.15) is 17.7 Å². The number of carbonyl (C=O) groups excluding carboxylic acids is 4. The molecule has 4 aliphatic rings. The summed E-state index contributed by atoms with van der Waals surface area (Å²) in [6.07, 6.45) is 3.82. The van der Waals surface area contributed by atoms with Crippen LogP contribution in [0.15, 0.2) is 55.6 Å². The molecule has 1 spiro atoms. The number of nitrogens with zero attached hydrogens (tertiary/aromatic N) is 3. The molecule has 0 unspecified atom stereocenters. The Morgan fingerprint density at radius 3 is 2.62 bits per heavy atom. The van der Waals surface area contributed by atoms with Crippen LogP contribution in [0.5, 0.6) is 0 Å². The van der Waals surface area contributed by atoms with Crippen LogP contribution in [0.2, 0.25) is 0 Å². The molecule has 4 aliphatic heterocycles. The fourth-order valence-electron chi connectivity index (χ4n) is 7.61. The highest BCUT2D eigenvalue weighted by Crippen LogP contribution is 2.60.